The summed E-state index contributed by atoms with van der Waals surface area (Å²) < 4.78 is 27.9. The van der Waals surface area contributed by atoms with Crippen LogP contribution in [0.3, 0.4) is 0 Å². The topological polar surface area (TPSA) is 116 Å². The van der Waals surface area contributed by atoms with E-state index in [9.17, 15) is 13.2 Å². The molecule has 4 N–H and O–H groups in total. The van der Waals surface area contributed by atoms with Gasteiger partial charge in [-0.1, -0.05) is 0 Å². The van der Waals surface area contributed by atoms with Gasteiger partial charge >= 0.3 is 0 Å². The summed E-state index contributed by atoms with van der Waals surface area (Å²) in [6.45, 7) is 1.76. The minimum Gasteiger partial charge on any atom is -0.493 e. The summed E-state index contributed by atoms with van der Waals surface area (Å²) in [5, 5.41) is 5.04. The molecule has 26 heavy (non-hydrogen) atoms. The second-order valence-corrected chi connectivity index (χ2v) is 8.56. The van der Waals surface area contributed by atoms with E-state index < -0.39 is 10.0 Å². The van der Waals surface area contributed by atoms with E-state index >= 15 is 0 Å². The van der Waals surface area contributed by atoms with Crippen LogP contribution in [0.2, 0.25) is 0 Å². The molecule has 0 aliphatic carbocycles. The maximum Gasteiger partial charge on any atom is 0.238 e. The highest BCUT2D eigenvalue weighted by Crippen LogP contribution is 2.18. The summed E-state index contributed by atoms with van der Waals surface area (Å²) in [5.41, 5.74) is 5.74. The summed E-state index contributed by atoms with van der Waals surface area (Å²) in [6, 6.07) is 6.12. The number of ether oxygens (including phenoxy) is 1. The van der Waals surface area contributed by atoms with Crippen molar-refractivity contribution in [2.75, 3.05) is 31.2 Å². The molecule has 1 aromatic carbocycles. The number of sulfonamides is 1. The molecule has 0 spiro atoms. The van der Waals surface area contributed by atoms with Crippen LogP contribution in [0.25, 0.3) is 0 Å². The van der Waals surface area contributed by atoms with E-state index in [4.69, 9.17) is 15.6 Å². The van der Waals surface area contributed by atoms with Crippen molar-refractivity contribution < 1.29 is 17.9 Å². The first kappa shape index (κ1) is 23.0. The molecule has 0 radical (unpaired) electrons. The molecule has 1 atom stereocenters. The molecule has 0 saturated carbocycles. The molecule has 2 rings (SSSR count). The van der Waals surface area contributed by atoms with E-state index in [2.05, 4.69) is 0 Å². The Bertz CT molecular complexity index is 671. The summed E-state index contributed by atoms with van der Waals surface area (Å²) >= 11 is 1.52. The van der Waals surface area contributed by atoms with Crippen molar-refractivity contribution in [2.24, 2.45) is 10.9 Å². The standard InChI is InChI=1S/C16H25N3O4S2.ClH/c17-11-13-3-1-2-8-19(13)16(20)12-24-10-9-23-14-4-6-15(7-5-14)25(18,21)22;/h4-7,13H,1-3,8-12,17H2,(H2,18,21,22);1H. The largest absolute Gasteiger partial charge is 0.493 e. The van der Waals surface area contributed by atoms with E-state index in [1.165, 1.54) is 23.9 Å². The predicted octanol–water partition coefficient (Wildman–Crippen LogP) is 1.21. The second-order valence-electron chi connectivity index (χ2n) is 5.89. The van der Waals surface area contributed by atoms with Gasteiger partial charge in [-0.15, -0.1) is 24.2 Å². The van der Waals surface area contributed by atoms with E-state index in [1.807, 2.05) is 4.90 Å². The Kier molecular flexibility index (Phi) is 9.73. The van der Waals surface area contributed by atoms with Crippen molar-refractivity contribution in [2.45, 2.75) is 30.2 Å². The van der Waals surface area contributed by atoms with Crippen molar-refractivity contribution in [3.05, 3.63) is 24.3 Å². The van der Waals surface area contributed by atoms with Gasteiger partial charge in [-0.25, -0.2) is 13.6 Å². The van der Waals surface area contributed by atoms with Crippen molar-refractivity contribution in [3.63, 3.8) is 0 Å². The zero-order valence-corrected chi connectivity index (χ0v) is 17.0. The van der Waals surface area contributed by atoms with Gasteiger partial charge in [0.25, 0.3) is 0 Å². The predicted molar refractivity (Wildman–Crippen MR) is 106 cm³/mol. The maximum absolute atomic E-state index is 12.3. The zero-order valence-electron chi connectivity index (χ0n) is 14.5. The Hall–Kier alpha value is -1.00. The Morgan fingerprint density at radius 2 is 1.96 bits per heavy atom. The highest BCUT2D eigenvalue weighted by Gasteiger charge is 2.25. The van der Waals surface area contributed by atoms with Gasteiger partial charge in [0.15, 0.2) is 0 Å². The third-order valence-electron chi connectivity index (χ3n) is 4.09. The monoisotopic (exact) mass is 423 g/mol. The molecule has 148 valence electrons. The second kappa shape index (κ2) is 11.0. The Morgan fingerprint density at radius 1 is 1.27 bits per heavy atom. The molecule has 1 fully saturated rings. The van der Waals surface area contributed by atoms with Crippen LogP contribution < -0.4 is 15.6 Å². The number of rotatable bonds is 8. The Balaban J connectivity index is 0.00000338. The SMILES string of the molecule is Cl.NCC1CCCCN1C(=O)CSCCOc1ccc(S(N)(=O)=O)cc1. The first-order chi connectivity index (χ1) is 11.9. The first-order valence-corrected chi connectivity index (χ1v) is 10.9. The highest BCUT2D eigenvalue weighted by molar-refractivity contribution is 7.99. The van der Waals surface area contributed by atoms with Gasteiger partial charge in [-0.3, -0.25) is 4.79 Å². The minimum absolute atomic E-state index is 0. The summed E-state index contributed by atoms with van der Waals surface area (Å²) in [7, 11) is -3.69. The van der Waals surface area contributed by atoms with Gasteiger partial charge in [-0.05, 0) is 43.5 Å². The van der Waals surface area contributed by atoms with Crippen LogP contribution in [0.4, 0.5) is 0 Å². The lowest BCUT2D eigenvalue weighted by molar-refractivity contribution is -0.131. The summed E-state index contributed by atoms with van der Waals surface area (Å²) in [5.74, 6) is 1.80. The Labute approximate surface area is 165 Å². The molecule has 1 aliphatic rings. The number of primary sulfonamides is 1. The number of hydrogen-bond donors (Lipinski definition) is 2. The number of likely N-dealkylation sites (tertiary alicyclic amines) is 1. The lowest BCUT2D eigenvalue weighted by Gasteiger charge is -2.35. The fourth-order valence-electron chi connectivity index (χ4n) is 2.76. The molecular weight excluding hydrogens is 398 g/mol. The lowest BCUT2D eigenvalue weighted by atomic mass is 10.0. The average Bonchev–Trinajstić information content (AvgIpc) is 2.61. The number of nitrogens with two attached hydrogens (primary N) is 2. The molecule has 0 bridgehead atoms. The third-order valence-corrected chi connectivity index (χ3v) is 5.93. The quantitative estimate of drug-likeness (QED) is 0.607. The lowest BCUT2D eigenvalue weighted by Crippen LogP contribution is -2.48. The Morgan fingerprint density at radius 3 is 2.58 bits per heavy atom. The van der Waals surface area contributed by atoms with Crippen LogP contribution in [0, 0.1) is 0 Å². The number of amides is 1. The summed E-state index contributed by atoms with van der Waals surface area (Å²) in [6.07, 6.45) is 3.17. The number of hydrogen-bond acceptors (Lipinski definition) is 6. The number of carbonyl (C=O) groups is 1. The zero-order chi connectivity index (χ0) is 18.3. The van der Waals surface area contributed by atoms with E-state index in [1.54, 1.807) is 12.1 Å². The minimum atomic E-state index is -3.69. The summed E-state index contributed by atoms with van der Waals surface area (Å²) in [4.78, 5) is 14.2. The van der Waals surface area contributed by atoms with Gasteiger partial charge < -0.3 is 15.4 Å². The van der Waals surface area contributed by atoms with Crippen LogP contribution in [0.5, 0.6) is 5.75 Å². The van der Waals surface area contributed by atoms with Crippen LogP contribution in [-0.2, 0) is 14.8 Å². The van der Waals surface area contributed by atoms with Gasteiger partial charge in [0.05, 0.1) is 17.3 Å². The smallest absolute Gasteiger partial charge is 0.238 e. The normalized spacial score (nSPS) is 17.5. The number of benzene rings is 1. The fourth-order valence-corrected chi connectivity index (χ4v) is 3.96. The average molecular weight is 424 g/mol. The molecule has 1 amide bonds. The molecule has 1 saturated heterocycles. The maximum atomic E-state index is 12.3. The van der Waals surface area contributed by atoms with Crippen LogP contribution >= 0.6 is 24.2 Å². The molecule has 1 aliphatic heterocycles. The van der Waals surface area contributed by atoms with Gasteiger partial charge in [-0.2, -0.15) is 0 Å². The fraction of sp³-hybridized carbons (Fsp3) is 0.562. The molecule has 10 heteroatoms. The third kappa shape index (κ3) is 6.96. The molecular formula is C16H26ClN3O4S2. The number of carbonyl (C=O) groups excluding carboxylic acids is 1. The van der Waals surface area contributed by atoms with Crippen LogP contribution in [0.15, 0.2) is 29.2 Å². The van der Waals surface area contributed by atoms with Crippen molar-refractivity contribution >= 4 is 40.1 Å². The van der Waals surface area contributed by atoms with Crippen molar-refractivity contribution in [1.29, 1.82) is 0 Å². The van der Waals surface area contributed by atoms with Crippen LogP contribution in [-0.4, -0.2) is 56.5 Å². The van der Waals surface area contributed by atoms with Crippen molar-refractivity contribution in [1.82, 2.24) is 4.90 Å². The number of halogens is 1. The molecule has 7 nitrogen and oxygen atoms in total. The van der Waals surface area contributed by atoms with Crippen LogP contribution in [0.1, 0.15) is 19.3 Å². The highest BCUT2D eigenvalue weighted by atomic mass is 35.5. The van der Waals surface area contributed by atoms with Gasteiger partial charge in [0.2, 0.25) is 15.9 Å². The molecule has 1 unspecified atom stereocenters. The molecule has 1 aromatic rings. The molecule has 1 heterocycles. The molecule has 0 aromatic heterocycles. The van der Waals surface area contributed by atoms with Crippen molar-refractivity contribution in [3.8, 4) is 5.75 Å². The number of piperidine rings is 1. The van der Waals surface area contributed by atoms with E-state index in [0.717, 1.165) is 25.8 Å². The first-order valence-electron chi connectivity index (χ1n) is 8.25. The number of nitrogens with zero attached hydrogens (tertiary/aromatic N) is 1. The van der Waals surface area contributed by atoms with Gasteiger partial charge in [0, 0.05) is 24.9 Å². The number of thioether (sulfide) groups is 1. The van der Waals surface area contributed by atoms with E-state index in [0.29, 0.717) is 30.4 Å². The van der Waals surface area contributed by atoms with Gasteiger partial charge in [0.1, 0.15) is 5.75 Å². The van der Waals surface area contributed by atoms with E-state index in [-0.39, 0.29) is 29.3 Å².